The molecule has 0 saturated carbocycles. The summed E-state index contributed by atoms with van der Waals surface area (Å²) in [5, 5.41) is 9.75. The maximum atomic E-state index is 11.9. The number of hydrogen-bond acceptors (Lipinski definition) is 4. The summed E-state index contributed by atoms with van der Waals surface area (Å²) in [6.45, 7) is 5.07. The lowest BCUT2D eigenvalue weighted by Crippen LogP contribution is -2.55. The first-order valence-electron chi connectivity index (χ1n) is 7.66. The van der Waals surface area contributed by atoms with E-state index in [4.69, 9.17) is 4.74 Å². The first kappa shape index (κ1) is 14.4. The van der Waals surface area contributed by atoms with Crippen molar-refractivity contribution in [2.24, 2.45) is 5.92 Å². The molecule has 0 radical (unpaired) electrons. The first-order valence-corrected chi connectivity index (χ1v) is 7.66. The molecule has 1 saturated heterocycles. The Bertz CT molecular complexity index is 557. The highest BCUT2D eigenvalue weighted by Gasteiger charge is 2.42. The van der Waals surface area contributed by atoms with Crippen LogP contribution in [0.15, 0.2) is 18.2 Å². The summed E-state index contributed by atoms with van der Waals surface area (Å²) in [5.74, 6) is 1.14. The number of esters is 1. The van der Waals surface area contributed by atoms with E-state index in [9.17, 15) is 9.90 Å². The van der Waals surface area contributed by atoms with Crippen LogP contribution in [-0.2, 0) is 16.0 Å². The highest BCUT2D eigenvalue weighted by molar-refractivity contribution is 5.75. The van der Waals surface area contributed by atoms with Crippen LogP contribution in [0.4, 0.5) is 0 Å². The minimum atomic E-state index is -0.193. The van der Waals surface area contributed by atoms with Gasteiger partial charge in [0.1, 0.15) is 11.8 Å². The molecule has 114 valence electrons. The van der Waals surface area contributed by atoms with E-state index >= 15 is 0 Å². The highest BCUT2D eigenvalue weighted by Crippen LogP contribution is 2.44. The van der Waals surface area contributed by atoms with Crippen molar-refractivity contribution in [2.75, 3.05) is 13.7 Å². The quantitative estimate of drug-likeness (QED) is 0.849. The van der Waals surface area contributed by atoms with E-state index < -0.39 is 0 Å². The van der Waals surface area contributed by atoms with Crippen LogP contribution < -0.4 is 0 Å². The van der Waals surface area contributed by atoms with Crippen molar-refractivity contribution in [3.8, 4) is 5.75 Å². The van der Waals surface area contributed by atoms with Crippen LogP contribution in [0.25, 0.3) is 0 Å². The topological polar surface area (TPSA) is 49.8 Å². The Morgan fingerprint density at radius 1 is 1.48 bits per heavy atom. The molecule has 2 aliphatic rings. The molecule has 0 spiro atoms. The first-order chi connectivity index (χ1) is 10.0. The number of benzene rings is 1. The summed E-state index contributed by atoms with van der Waals surface area (Å²) in [6, 6.07) is 5.91. The molecule has 4 nitrogen and oxygen atoms in total. The standard InChI is InChI=1S/C17H23NO3/c1-10-9-18(11(2)17(20)21-3)13-6-12-4-5-14(19)8-16(12)15(10)7-13/h4-5,8,10-11,13,15,19H,6-7,9H2,1-3H3/t10-,11?,13-,15+/m1/s1. The number of methoxy groups -OCH3 is 1. The Morgan fingerprint density at radius 3 is 2.95 bits per heavy atom. The fourth-order valence-electron chi connectivity index (χ4n) is 4.05. The zero-order valence-electron chi connectivity index (χ0n) is 12.9. The molecule has 4 atom stereocenters. The molecule has 4 heteroatoms. The average Bonchev–Trinajstić information content (AvgIpc) is 2.49. The lowest BCUT2D eigenvalue weighted by Gasteiger charge is -2.48. The molecule has 21 heavy (non-hydrogen) atoms. The zero-order valence-corrected chi connectivity index (χ0v) is 12.9. The van der Waals surface area contributed by atoms with E-state index in [1.807, 2.05) is 19.1 Å². The normalized spacial score (nSPS) is 29.6. The highest BCUT2D eigenvalue weighted by atomic mass is 16.5. The van der Waals surface area contributed by atoms with Gasteiger partial charge in [-0.2, -0.15) is 0 Å². The third-order valence-electron chi connectivity index (χ3n) is 5.20. The minimum Gasteiger partial charge on any atom is -0.508 e. The van der Waals surface area contributed by atoms with E-state index in [0.717, 1.165) is 19.4 Å². The van der Waals surface area contributed by atoms with Crippen molar-refractivity contribution in [1.82, 2.24) is 4.90 Å². The van der Waals surface area contributed by atoms with Crippen LogP contribution in [0, 0.1) is 5.92 Å². The summed E-state index contributed by atoms with van der Waals surface area (Å²) in [6.07, 6.45) is 2.00. The number of piperidine rings is 1. The molecule has 1 heterocycles. The molecule has 1 aromatic carbocycles. The van der Waals surface area contributed by atoms with Crippen molar-refractivity contribution >= 4 is 5.97 Å². The van der Waals surface area contributed by atoms with Crippen molar-refractivity contribution in [3.05, 3.63) is 29.3 Å². The molecule has 1 fully saturated rings. The van der Waals surface area contributed by atoms with Gasteiger partial charge in [0, 0.05) is 12.6 Å². The number of ether oxygens (including phenoxy) is 1. The molecule has 2 bridgehead atoms. The van der Waals surface area contributed by atoms with Gasteiger partial charge in [0.25, 0.3) is 0 Å². The van der Waals surface area contributed by atoms with Gasteiger partial charge >= 0.3 is 5.97 Å². The van der Waals surface area contributed by atoms with Gasteiger partial charge in [-0.3, -0.25) is 9.69 Å². The second kappa shape index (κ2) is 5.34. The van der Waals surface area contributed by atoms with Gasteiger partial charge in [-0.05, 0) is 54.9 Å². The average molecular weight is 289 g/mol. The van der Waals surface area contributed by atoms with Gasteiger partial charge in [-0.1, -0.05) is 13.0 Å². The molecule has 0 aromatic heterocycles. The van der Waals surface area contributed by atoms with E-state index in [-0.39, 0.29) is 12.0 Å². The van der Waals surface area contributed by atoms with Crippen molar-refractivity contribution in [3.63, 3.8) is 0 Å². The maximum absolute atomic E-state index is 11.9. The second-order valence-corrected chi connectivity index (χ2v) is 6.46. The molecular weight excluding hydrogens is 266 g/mol. The number of rotatable bonds is 2. The van der Waals surface area contributed by atoms with Gasteiger partial charge in [0.05, 0.1) is 7.11 Å². The van der Waals surface area contributed by atoms with Crippen LogP contribution >= 0.6 is 0 Å². The van der Waals surface area contributed by atoms with Gasteiger partial charge in [-0.15, -0.1) is 0 Å². The SMILES string of the molecule is COC(=O)C(C)N1C[C@@H](C)[C@@H]2C[C@H]1Cc1ccc(O)cc12. The number of likely N-dealkylation sites (tertiary alicyclic amines) is 1. The molecule has 1 aliphatic carbocycles. The number of phenols is 1. The van der Waals surface area contributed by atoms with E-state index in [2.05, 4.69) is 11.8 Å². The fraction of sp³-hybridized carbons (Fsp3) is 0.588. The van der Waals surface area contributed by atoms with Crippen molar-refractivity contribution < 1.29 is 14.6 Å². The largest absolute Gasteiger partial charge is 0.508 e. The third-order valence-corrected chi connectivity index (χ3v) is 5.20. The Hall–Kier alpha value is -1.55. The number of hydrogen-bond donors (Lipinski definition) is 1. The van der Waals surface area contributed by atoms with E-state index in [1.54, 1.807) is 6.07 Å². The predicted molar refractivity (Wildman–Crippen MR) is 80.3 cm³/mol. The summed E-state index contributed by atoms with van der Waals surface area (Å²) in [4.78, 5) is 14.2. The second-order valence-electron chi connectivity index (χ2n) is 6.46. The molecule has 0 amide bonds. The third kappa shape index (κ3) is 2.42. The summed E-state index contributed by atoms with van der Waals surface area (Å²) >= 11 is 0. The smallest absolute Gasteiger partial charge is 0.322 e. The number of aromatic hydroxyl groups is 1. The van der Waals surface area contributed by atoms with Crippen LogP contribution in [-0.4, -0.2) is 41.7 Å². The number of nitrogens with zero attached hydrogens (tertiary/aromatic N) is 1. The van der Waals surface area contributed by atoms with Gasteiger partial charge in [-0.25, -0.2) is 0 Å². The molecule has 1 aromatic rings. The summed E-state index contributed by atoms with van der Waals surface area (Å²) < 4.78 is 4.91. The van der Waals surface area contributed by atoms with E-state index in [1.165, 1.54) is 18.2 Å². The van der Waals surface area contributed by atoms with Crippen LogP contribution in [0.1, 0.15) is 37.3 Å². The maximum Gasteiger partial charge on any atom is 0.322 e. The summed E-state index contributed by atoms with van der Waals surface area (Å²) in [5.41, 5.74) is 2.60. The Kier molecular flexibility index (Phi) is 3.66. The monoisotopic (exact) mass is 289 g/mol. The van der Waals surface area contributed by atoms with Crippen LogP contribution in [0.3, 0.4) is 0 Å². The number of phenolic OH excluding ortho intramolecular Hbond substituents is 1. The number of carbonyl (C=O) groups excluding carboxylic acids is 1. The Balaban J connectivity index is 1.91. The fourth-order valence-corrected chi connectivity index (χ4v) is 4.05. The minimum absolute atomic E-state index is 0.155. The molecule has 1 N–H and O–H groups in total. The van der Waals surface area contributed by atoms with Crippen LogP contribution in [0.5, 0.6) is 5.75 Å². The molecule has 1 aliphatic heterocycles. The van der Waals surface area contributed by atoms with Gasteiger partial charge in [0.2, 0.25) is 0 Å². The molecular formula is C17H23NO3. The number of carbonyl (C=O) groups is 1. The predicted octanol–water partition coefficient (Wildman–Crippen LogP) is 2.30. The Morgan fingerprint density at radius 2 is 2.24 bits per heavy atom. The lowest BCUT2D eigenvalue weighted by molar-refractivity contribution is -0.148. The van der Waals surface area contributed by atoms with Gasteiger partial charge in [0.15, 0.2) is 0 Å². The lowest BCUT2D eigenvalue weighted by atomic mass is 9.70. The number of fused-ring (bicyclic) bond motifs is 4. The zero-order chi connectivity index (χ0) is 15.1. The molecule has 3 rings (SSSR count). The Labute approximate surface area is 125 Å². The molecule has 1 unspecified atom stereocenters. The van der Waals surface area contributed by atoms with Crippen molar-refractivity contribution in [2.45, 2.75) is 44.7 Å². The van der Waals surface area contributed by atoms with E-state index in [0.29, 0.717) is 23.6 Å². The van der Waals surface area contributed by atoms with Gasteiger partial charge < -0.3 is 9.84 Å². The summed E-state index contributed by atoms with van der Waals surface area (Å²) in [7, 11) is 1.45. The van der Waals surface area contributed by atoms with Crippen molar-refractivity contribution in [1.29, 1.82) is 0 Å². The van der Waals surface area contributed by atoms with Crippen LogP contribution in [0.2, 0.25) is 0 Å².